The molecule has 3 aromatic heterocycles. The Hall–Kier alpha value is -2.89. The number of carbonyl (C=O) groups is 1. The number of anilines is 1. The topological polar surface area (TPSA) is 84.7 Å². The molecular formula is C20H21ClN6OS. The molecule has 7 nitrogen and oxygen atoms in total. The fourth-order valence-corrected chi connectivity index (χ4v) is 3.89. The van der Waals surface area contributed by atoms with Crippen molar-refractivity contribution in [2.45, 2.75) is 33.7 Å². The van der Waals surface area contributed by atoms with Gasteiger partial charge in [0.25, 0.3) is 0 Å². The molecule has 0 radical (unpaired) electrons. The summed E-state index contributed by atoms with van der Waals surface area (Å²) in [4.78, 5) is 25.8. The van der Waals surface area contributed by atoms with Gasteiger partial charge < -0.3 is 9.88 Å². The van der Waals surface area contributed by atoms with Gasteiger partial charge in [0.05, 0.1) is 11.4 Å². The molecule has 0 unspecified atom stereocenters. The number of halogens is 1. The summed E-state index contributed by atoms with van der Waals surface area (Å²) in [5.74, 6) is 7.03. The molecule has 3 heterocycles. The molecule has 3 rings (SSSR count). The number of hydrogen-bond donors (Lipinski definition) is 2. The van der Waals surface area contributed by atoms with Gasteiger partial charge in [0.2, 0.25) is 0 Å². The van der Waals surface area contributed by atoms with E-state index >= 15 is 0 Å². The summed E-state index contributed by atoms with van der Waals surface area (Å²) in [5, 5.41) is 6.68. The summed E-state index contributed by atoms with van der Waals surface area (Å²) < 4.78 is 1.93. The van der Waals surface area contributed by atoms with E-state index in [0.29, 0.717) is 23.3 Å². The quantitative estimate of drug-likeness (QED) is 0.605. The van der Waals surface area contributed by atoms with Crippen LogP contribution in [-0.2, 0) is 13.0 Å². The molecule has 0 aliphatic carbocycles. The molecule has 9 heteroatoms. The van der Waals surface area contributed by atoms with E-state index in [4.69, 9.17) is 11.6 Å². The highest BCUT2D eigenvalue weighted by Gasteiger charge is 2.12. The highest BCUT2D eigenvalue weighted by molar-refractivity contribution is 7.16. The lowest BCUT2D eigenvalue weighted by Gasteiger charge is -2.05. The number of amides is 2. The predicted molar refractivity (Wildman–Crippen MR) is 115 cm³/mol. The van der Waals surface area contributed by atoms with Crippen molar-refractivity contribution in [3.63, 3.8) is 0 Å². The second kappa shape index (κ2) is 9.54. The summed E-state index contributed by atoms with van der Waals surface area (Å²) in [6.07, 6.45) is 3.95. The van der Waals surface area contributed by atoms with Crippen molar-refractivity contribution in [2.24, 2.45) is 0 Å². The van der Waals surface area contributed by atoms with Crippen LogP contribution in [0.25, 0.3) is 0 Å². The van der Waals surface area contributed by atoms with Crippen LogP contribution < -0.4 is 10.6 Å². The summed E-state index contributed by atoms with van der Waals surface area (Å²) in [5.41, 5.74) is 2.43. The van der Waals surface area contributed by atoms with Crippen molar-refractivity contribution >= 4 is 34.1 Å². The van der Waals surface area contributed by atoms with Crippen LogP contribution in [0.4, 0.5) is 9.93 Å². The Labute approximate surface area is 178 Å². The normalized spacial score (nSPS) is 10.3. The highest BCUT2D eigenvalue weighted by atomic mass is 35.5. The molecule has 2 N–H and O–H groups in total. The molecule has 29 heavy (non-hydrogen) atoms. The molecule has 150 valence electrons. The number of rotatable bonds is 5. The maximum Gasteiger partial charge on any atom is 0.321 e. The maximum absolute atomic E-state index is 12.2. The van der Waals surface area contributed by atoms with Crippen LogP contribution in [-0.4, -0.2) is 32.1 Å². The molecule has 0 aliphatic heterocycles. The van der Waals surface area contributed by atoms with Gasteiger partial charge in [-0.3, -0.25) is 10.3 Å². The van der Waals surface area contributed by atoms with Crippen LogP contribution in [0.5, 0.6) is 0 Å². The van der Waals surface area contributed by atoms with E-state index in [1.54, 1.807) is 12.4 Å². The monoisotopic (exact) mass is 428 g/mol. The number of urea groups is 1. The van der Waals surface area contributed by atoms with Crippen LogP contribution >= 0.6 is 22.9 Å². The lowest BCUT2D eigenvalue weighted by atomic mass is 10.2. The second-order valence-corrected chi connectivity index (χ2v) is 7.55. The molecule has 0 saturated heterocycles. The van der Waals surface area contributed by atoms with E-state index in [1.807, 2.05) is 37.5 Å². The average Bonchev–Trinajstić information content (AvgIpc) is 3.18. The van der Waals surface area contributed by atoms with Gasteiger partial charge in [0, 0.05) is 37.5 Å². The van der Waals surface area contributed by atoms with Crippen LogP contribution in [0.2, 0.25) is 5.15 Å². The molecule has 2 amide bonds. The van der Waals surface area contributed by atoms with E-state index in [1.165, 1.54) is 11.3 Å². The van der Waals surface area contributed by atoms with E-state index < -0.39 is 0 Å². The van der Waals surface area contributed by atoms with Crippen molar-refractivity contribution < 1.29 is 4.79 Å². The molecule has 3 aromatic rings. The molecule has 0 aliphatic rings. The standard InChI is InChI=1S/C20H21ClN6OS/c1-4-27-14(3)25-16(18(27)21)9-12-23-19(28)26-20-24-13(2)17(29-20)6-5-15-7-10-22-11-8-15/h7-8,10-11H,4,9,12H2,1-3H3,(H2,23,24,26,28). The first-order valence-electron chi connectivity index (χ1n) is 9.13. The van der Waals surface area contributed by atoms with Crippen LogP contribution in [0.3, 0.4) is 0 Å². The molecule has 0 bridgehead atoms. The molecule has 0 saturated carbocycles. The average molecular weight is 429 g/mol. The summed E-state index contributed by atoms with van der Waals surface area (Å²) in [7, 11) is 0. The number of thiazole rings is 1. The minimum Gasteiger partial charge on any atom is -0.337 e. The first kappa shape index (κ1) is 20.8. The fourth-order valence-electron chi connectivity index (χ4n) is 2.69. The molecule has 0 atom stereocenters. The first-order chi connectivity index (χ1) is 14.0. The van der Waals surface area contributed by atoms with Gasteiger partial charge in [-0.25, -0.2) is 14.8 Å². The number of nitrogens with one attached hydrogen (secondary N) is 2. The van der Waals surface area contributed by atoms with Crippen LogP contribution in [0.1, 0.15) is 34.6 Å². The predicted octanol–water partition coefficient (Wildman–Crippen LogP) is 3.79. The molecule has 0 spiro atoms. The Bertz CT molecular complexity index is 1060. The van der Waals surface area contributed by atoms with Crippen molar-refractivity contribution in [1.82, 2.24) is 24.8 Å². The zero-order chi connectivity index (χ0) is 20.8. The van der Waals surface area contributed by atoms with Crippen molar-refractivity contribution in [3.8, 4) is 11.8 Å². The maximum atomic E-state index is 12.2. The van der Waals surface area contributed by atoms with E-state index in [2.05, 4.69) is 37.4 Å². The van der Waals surface area contributed by atoms with Gasteiger partial charge in [-0.2, -0.15) is 0 Å². The number of imidazole rings is 1. The Balaban J connectivity index is 1.54. The molecule has 0 aromatic carbocycles. The van der Waals surface area contributed by atoms with Gasteiger partial charge >= 0.3 is 6.03 Å². The largest absolute Gasteiger partial charge is 0.337 e. The fraction of sp³-hybridized carbons (Fsp3) is 0.300. The zero-order valence-corrected chi connectivity index (χ0v) is 18.0. The smallest absolute Gasteiger partial charge is 0.321 e. The summed E-state index contributed by atoms with van der Waals surface area (Å²) in [6, 6.07) is 3.36. The van der Waals surface area contributed by atoms with Crippen molar-refractivity contribution in [2.75, 3.05) is 11.9 Å². The molecule has 0 fully saturated rings. The van der Waals surface area contributed by atoms with Crippen molar-refractivity contribution in [1.29, 1.82) is 0 Å². The minimum absolute atomic E-state index is 0.324. The number of nitrogens with zero attached hydrogens (tertiary/aromatic N) is 4. The second-order valence-electron chi connectivity index (χ2n) is 6.19. The number of carbonyl (C=O) groups excluding carboxylic acids is 1. The van der Waals surface area contributed by atoms with Gasteiger partial charge in [-0.15, -0.1) is 0 Å². The third-order valence-electron chi connectivity index (χ3n) is 4.14. The first-order valence-corrected chi connectivity index (χ1v) is 10.3. The number of aromatic nitrogens is 4. The number of hydrogen-bond acceptors (Lipinski definition) is 5. The van der Waals surface area contributed by atoms with E-state index in [-0.39, 0.29) is 6.03 Å². The Morgan fingerprint density at radius 1 is 1.24 bits per heavy atom. The van der Waals surface area contributed by atoms with Crippen molar-refractivity contribution in [3.05, 3.63) is 57.3 Å². The Kier molecular flexibility index (Phi) is 6.86. The number of pyridine rings is 1. The Morgan fingerprint density at radius 3 is 2.69 bits per heavy atom. The number of aryl methyl sites for hydroxylation is 2. The lowest BCUT2D eigenvalue weighted by molar-refractivity contribution is 0.252. The van der Waals surface area contributed by atoms with Gasteiger partial charge in [-0.1, -0.05) is 28.9 Å². The minimum atomic E-state index is -0.324. The third-order valence-corrected chi connectivity index (χ3v) is 5.55. The van der Waals surface area contributed by atoms with Gasteiger partial charge in [-0.05, 0) is 38.8 Å². The summed E-state index contributed by atoms with van der Waals surface area (Å²) >= 11 is 7.65. The van der Waals surface area contributed by atoms with Crippen LogP contribution in [0, 0.1) is 25.7 Å². The highest BCUT2D eigenvalue weighted by Crippen LogP contribution is 2.21. The van der Waals surface area contributed by atoms with Gasteiger partial charge in [0.1, 0.15) is 15.9 Å². The SMILES string of the molecule is CCn1c(C)nc(CCNC(=O)Nc2nc(C)c(C#Cc3ccncc3)s2)c1Cl. The third kappa shape index (κ3) is 5.34. The van der Waals surface area contributed by atoms with Crippen LogP contribution in [0.15, 0.2) is 24.5 Å². The van der Waals surface area contributed by atoms with E-state index in [0.717, 1.165) is 34.2 Å². The van der Waals surface area contributed by atoms with E-state index in [9.17, 15) is 4.79 Å². The van der Waals surface area contributed by atoms with Gasteiger partial charge in [0.15, 0.2) is 5.13 Å². The lowest BCUT2D eigenvalue weighted by Crippen LogP contribution is -2.30. The summed E-state index contributed by atoms with van der Waals surface area (Å²) in [6.45, 7) is 6.98. The molecular weight excluding hydrogens is 408 g/mol. The Morgan fingerprint density at radius 2 is 2.00 bits per heavy atom. The zero-order valence-electron chi connectivity index (χ0n) is 16.4.